The second-order valence-electron chi connectivity index (χ2n) is 4.33. The van der Waals surface area contributed by atoms with Crippen molar-refractivity contribution in [1.29, 1.82) is 0 Å². The molecule has 0 amide bonds. The third-order valence-corrected chi connectivity index (χ3v) is 2.93. The molecule has 2 nitrogen and oxygen atoms in total. The van der Waals surface area contributed by atoms with E-state index in [9.17, 15) is 0 Å². The predicted molar refractivity (Wildman–Crippen MR) is 63.3 cm³/mol. The van der Waals surface area contributed by atoms with Crippen LogP contribution in [-0.4, -0.2) is 7.11 Å². The second-order valence-corrected chi connectivity index (χ2v) is 4.33. The number of methoxy groups -OCH3 is 1. The lowest BCUT2D eigenvalue weighted by Gasteiger charge is -2.16. The van der Waals surface area contributed by atoms with Crippen LogP contribution in [0.5, 0.6) is 5.75 Å². The van der Waals surface area contributed by atoms with Gasteiger partial charge in [-0.2, -0.15) is 0 Å². The van der Waals surface area contributed by atoms with Crippen LogP contribution in [0.1, 0.15) is 25.3 Å². The maximum Gasteiger partial charge on any atom is 0.119 e. The molecule has 15 heavy (non-hydrogen) atoms. The first-order chi connectivity index (χ1) is 7.13. The first-order valence-corrected chi connectivity index (χ1v) is 5.27. The van der Waals surface area contributed by atoms with Crippen molar-refractivity contribution in [3.05, 3.63) is 36.0 Å². The van der Waals surface area contributed by atoms with E-state index in [1.807, 2.05) is 6.07 Å². The normalized spacial score (nSPS) is 18.9. The fourth-order valence-electron chi connectivity index (χ4n) is 2.24. The molecule has 1 aromatic carbocycles. The molecule has 1 atom stereocenters. The van der Waals surface area contributed by atoms with Crippen LogP contribution < -0.4 is 10.1 Å². The average molecular weight is 203 g/mol. The smallest absolute Gasteiger partial charge is 0.119 e. The Kier molecular flexibility index (Phi) is 2.43. The summed E-state index contributed by atoms with van der Waals surface area (Å²) in [5.74, 6) is 1.87. The standard InChI is InChI=1S/C13H17NO/c1-8(2)13-9(3)14-12-6-5-10(15-4)7-11(12)13/h5-8,13-14H,3H2,1-2,4H3. The minimum Gasteiger partial charge on any atom is -0.497 e. The van der Waals surface area contributed by atoms with E-state index in [0.717, 1.165) is 11.4 Å². The molecule has 1 aliphatic heterocycles. The quantitative estimate of drug-likeness (QED) is 0.795. The molecule has 0 bridgehead atoms. The maximum atomic E-state index is 5.25. The van der Waals surface area contributed by atoms with Gasteiger partial charge in [-0.25, -0.2) is 0 Å². The van der Waals surface area contributed by atoms with E-state index in [2.05, 4.69) is 37.9 Å². The van der Waals surface area contributed by atoms with Gasteiger partial charge in [0.15, 0.2) is 0 Å². The molecule has 2 heteroatoms. The summed E-state index contributed by atoms with van der Waals surface area (Å²) >= 11 is 0. The number of fused-ring (bicyclic) bond motifs is 1. The SMILES string of the molecule is C=C1Nc2ccc(OC)cc2C1C(C)C. The summed E-state index contributed by atoms with van der Waals surface area (Å²) in [4.78, 5) is 0. The summed E-state index contributed by atoms with van der Waals surface area (Å²) in [6, 6.07) is 6.13. The van der Waals surface area contributed by atoms with Gasteiger partial charge in [0.1, 0.15) is 5.75 Å². The molecule has 0 radical (unpaired) electrons. The van der Waals surface area contributed by atoms with Gasteiger partial charge in [-0.05, 0) is 29.7 Å². The number of benzene rings is 1. The van der Waals surface area contributed by atoms with Crippen molar-refractivity contribution in [2.24, 2.45) is 5.92 Å². The molecule has 1 heterocycles. The van der Waals surface area contributed by atoms with Crippen LogP contribution >= 0.6 is 0 Å². The van der Waals surface area contributed by atoms with Gasteiger partial charge in [-0.3, -0.25) is 0 Å². The topological polar surface area (TPSA) is 21.3 Å². The lowest BCUT2D eigenvalue weighted by molar-refractivity contribution is 0.413. The summed E-state index contributed by atoms with van der Waals surface area (Å²) in [5, 5.41) is 3.33. The molecule has 1 N–H and O–H groups in total. The van der Waals surface area contributed by atoms with Gasteiger partial charge in [0.05, 0.1) is 7.11 Å². The van der Waals surface area contributed by atoms with Crippen molar-refractivity contribution in [2.75, 3.05) is 12.4 Å². The van der Waals surface area contributed by atoms with Gasteiger partial charge in [0.2, 0.25) is 0 Å². The number of nitrogens with one attached hydrogen (secondary N) is 1. The molecule has 0 fully saturated rings. The largest absolute Gasteiger partial charge is 0.497 e. The van der Waals surface area contributed by atoms with Gasteiger partial charge in [-0.15, -0.1) is 0 Å². The van der Waals surface area contributed by atoms with E-state index in [1.54, 1.807) is 7.11 Å². The molecule has 0 saturated carbocycles. The van der Waals surface area contributed by atoms with Gasteiger partial charge < -0.3 is 10.1 Å². The van der Waals surface area contributed by atoms with Crippen LogP contribution in [0.15, 0.2) is 30.5 Å². The monoisotopic (exact) mass is 203 g/mol. The van der Waals surface area contributed by atoms with E-state index >= 15 is 0 Å². The van der Waals surface area contributed by atoms with Crippen molar-refractivity contribution in [3.8, 4) is 5.75 Å². The Morgan fingerprint density at radius 2 is 2.13 bits per heavy atom. The Morgan fingerprint density at radius 1 is 1.40 bits per heavy atom. The zero-order chi connectivity index (χ0) is 11.0. The van der Waals surface area contributed by atoms with Crippen LogP contribution in [-0.2, 0) is 0 Å². The molecule has 1 aromatic rings. The van der Waals surface area contributed by atoms with Crippen LogP contribution in [0.3, 0.4) is 0 Å². The zero-order valence-electron chi connectivity index (χ0n) is 9.50. The second kappa shape index (κ2) is 3.61. The molecule has 0 aromatic heterocycles. The highest BCUT2D eigenvalue weighted by Gasteiger charge is 2.28. The van der Waals surface area contributed by atoms with Crippen LogP contribution in [0.25, 0.3) is 0 Å². The van der Waals surface area contributed by atoms with Gasteiger partial charge in [-0.1, -0.05) is 20.4 Å². The lowest BCUT2D eigenvalue weighted by Crippen LogP contribution is -2.05. The van der Waals surface area contributed by atoms with Crippen molar-refractivity contribution in [3.63, 3.8) is 0 Å². The van der Waals surface area contributed by atoms with Crippen molar-refractivity contribution in [2.45, 2.75) is 19.8 Å². The molecule has 0 saturated heterocycles. The first-order valence-electron chi connectivity index (χ1n) is 5.27. The highest BCUT2D eigenvalue weighted by molar-refractivity contribution is 5.66. The fourth-order valence-corrected chi connectivity index (χ4v) is 2.24. The average Bonchev–Trinajstić information content (AvgIpc) is 2.52. The third kappa shape index (κ3) is 1.60. The Bertz CT molecular complexity index is 396. The van der Waals surface area contributed by atoms with Crippen LogP contribution in [0.2, 0.25) is 0 Å². The zero-order valence-corrected chi connectivity index (χ0v) is 9.50. The summed E-state index contributed by atoms with van der Waals surface area (Å²) in [7, 11) is 1.70. The number of hydrogen-bond donors (Lipinski definition) is 1. The van der Waals surface area contributed by atoms with Crippen LogP contribution in [0.4, 0.5) is 5.69 Å². The number of ether oxygens (including phenoxy) is 1. The first kappa shape index (κ1) is 10.1. The highest BCUT2D eigenvalue weighted by Crippen LogP contribution is 2.43. The third-order valence-electron chi connectivity index (χ3n) is 2.93. The Balaban J connectivity index is 2.46. The molecule has 0 aliphatic carbocycles. The number of anilines is 1. The molecular formula is C13H17NO. The van der Waals surface area contributed by atoms with E-state index in [1.165, 1.54) is 11.3 Å². The van der Waals surface area contributed by atoms with Crippen molar-refractivity contribution < 1.29 is 4.74 Å². The van der Waals surface area contributed by atoms with Crippen LogP contribution in [0, 0.1) is 5.92 Å². The highest BCUT2D eigenvalue weighted by atomic mass is 16.5. The van der Waals surface area contributed by atoms with Gasteiger partial charge in [0.25, 0.3) is 0 Å². The number of rotatable bonds is 2. The lowest BCUT2D eigenvalue weighted by atomic mass is 9.88. The van der Waals surface area contributed by atoms with E-state index in [0.29, 0.717) is 11.8 Å². The predicted octanol–water partition coefficient (Wildman–Crippen LogP) is 3.37. The number of allylic oxidation sites excluding steroid dienone is 1. The fraction of sp³-hybridized carbons (Fsp3) is 0.385. The molecule has 1 aliphatic rings. The van der Waals surface area contributed by atoms with E-state index in [-0.39, 0.29) is 0 Å². The molecule has 2 rings (SSSR count). The minimum absolute atomic E-state index is 0.398. The molecule has 1 unspecified atom stereocenters. The van der Waals surface area contributed by atoms with Crippen molar-refractivity contribution in [1.82, 2.24) is 0 Å². The van der Waals surface area contributed by atoms with Gasteiger partial charge >= 0.3 is 0 Å². The summed E-state index contributed by atoms with van der Waals surface area (Å²) in [6.07, 6.45) is 0. The Morgan fingerprint density at radius 3 is 2.73 bits per heavy atom. The van der Waals surface area contributed by atoms with Gasteiger partial charge in [0, 0.05) is 17.3 Å². The van der Waals surface area contributed by atoms with E-state index < -0.39 is 0 Å². The Labute approximate surface area is 91.0 Å². The Hall–Kier alpha value is -1.44. The molecular weight excluding hydrogens is 186 g/mol. The minimum atomic E-state index is 0.398. The van der Waals surface area contributed by atoms with Crippen molar-refractivity contribution >= 4 is 5.69 Å². The summed E-state index contributed by atoms with van der Waals surface area (Å²) < 4.78 is 5.25. The van der Waals surface area contributed by atoms with E-state index in [4.69, 9.17) is 4.74 Å². The molecule has 80 valence electrons. The number of hydrogen-bond acceptors (Lipinski definition) is 2. The maximum absolute atomic E-state index is 5.25. The molecule has 0 spiro atoms. The summed E-state index contributed by atoms with van der Waals surface area (Å²) in [5.41, 5.74) is 3.56. The summed E-state index contributed by atoms with van der Waals surface area (Å²) in [6.45, 7) is 8.50.